The van der Waals surface area contributed by atoms with Crippen molar-refractivity contribution in [3.8, 4) is 0 Å². The van der Waals surface area contributed by atoms with Crippen LogP contribution in [0.2, 0.25) is 0 Å². The Morgan fingerprint density at radius 1 is 1.19 bits per heavy atom. The van der Waals surface area contributed by atoms with Crippen LogP contribution in [0.3, 0.4) is 0 Å². The predicted molar refractivity (Wildman–Crippen MR) is 136 cm³/mol. The van der Waals surface area contributed by atoms with E-state index in [2.05, 4.69) is 29.6 Å². The topological polar surface area (TPSA) is 118 Å². The van der Waals surface area contributed by atoms with Gasteiger partial charge in [-0.2, -0.15) is 8.42 Å². The molecule has 7 nitrogen and oxygen atoms in total. The van der Waals surface area contributed by atoms with Crippen LogP contribution in [0.1, 0.15) is 54.8 Å². The lowest BCUT2D eigenvalue weighted by Crippen LogP contribution is -2.10. The molecule has 0 aliphatic carbocycles. The van der Waals surface area contributed by atoms with E-state index in [-0.39, 0.29) is 0 Å². The van der Waals surface area contributed by atoms with Gasteiger partial charge in [0.05, 0.1) is 16.4 Å². The third-order valence-corrected chi connectivity index (χ3v) is 5.69. The third kappa shape index (κ3) is 10.7. The highest BCUT2D eigenvalue weighted by molar-refractivity contribution is 7.87. The van der Waals surface area contributed by atoms with Gasteiger partial charge in [0, 0.05) is 34.8 Å². The van der Waals surface area contributed by atoms with E-state index in [9.17, 15) is 8.42 Å². The molecule has 0 spiro atoms. The molecular formula is C23H34N4O3S2. The van der Waals surface area contributed by atoms with Crippen LogP contribution in [0.5, 0.6) is 0 Å². The summed E-state index contributed by atoms with van der Waals surface area (Å²) in [6.07, 6.45) is 5.50. The fourth-order valence-electron chi connectivity index (χ4n) is 2.89. The van der Waals surface area contributed by atoms with E-state index in [0.29, 0.717) is 17.8 Å². The van der Waals surface area contributed by atoms with Crippen LogP contribution < -0.4 is 10.5 Å². The molecule has 32 heavy (non-hydrogen) atoms. The predicted octanol–water partition coefficient (Wildman–Crippen LogP) is 5.38. The molecule has 1 aromatic heterocycles. The van der Waals surface area contributed by atoms with Crippen molar-refractivity contribution in [2.75, 3.05) is 4.72 Å². The summed E-state index contributed by atoms with van der Waals surface area (Å²) in [5, 5.41) is 1.10. The van der Waals surface area contributed by atoms with E-state index < -0.39 is 10.3 Å². The summed E-state index contributed by atoms with van der Waals surface area (Å²) in [6, 6.07) is 6.93. The fraction of sp³-hybridized carbons (Fsp3) is 0.391. The molecule has 0 saturated carbocycles. The molecule has 4 N–H and O–H groups in total. The summed E-state index contributed by atoms with van der Waals surface area (Å²) < 4.78 is 31.9. The lowest BCUT2D eigenvalue weighted by atomic mass is 10.1. The van der Waals surface area contributed by atoms with E-state index >= 15 is 0 Å². The first kappa shape index (κ1) is 27.5. The van der Waals surface area contributed by atoms with Crippen molar-refractivity contribution in [2.24, 2.45) is 10.7 Å². The summed E-state index contributed by atoms with van der Waals surface area (Å²) in [7, 11) is -4.20. The van der Waals surface area contributed by atoms with Crippen molar-refractivity contribution >= 4 is 33.0 Å². The molecule has 1 aliphatic heterocycles. The number of aromatic nitrogens is 1. The minimum absolute atomic E-state index is 0.349. The van der Waals surface area contributed by atoms with Gasteiger partial charge in [-0.3, -0.25) is 14.3 Å². The lowest BCUT2D eigenvalue weighted by molar-refractivity contribution is 0.489. The van der Waals surface area contributed by atoms with Gasteiger partial charge >= 0.3 is 10.3 Å². The van der Waals surface area contributed by atoms with E-state index in [0.717, 1.165) is 41.2 Å². The molecule has 0 unspecified atom stereocenters. The number of nitrogens with two attached hydrogens (primary N) is 1. The highest BCUT2D eigenvalue weighted by Crippen LogP contribution is 2.18. The monoisotopic (exact) mass is 478 g/mol. The number of nitrogens with zero attached hydrogens (tertiary/aromatic N) is 2. The number of thiazole rings is 1. The highest BCUT2D eigenvalue weighted by Gasteiger charge is 2.07. The second-order valence-corrected chi connectivity index (χ2v) is 9.63. The maximum Gasteiger partial charge on any atom is 0.357 e. The smallest absolute Gasteiger partial charge is 0.357 e. The molecule has 1 aromatic carbocycles. The first-order chi connectivity index (χ1) is 15.0. The first-order valence-electron chi connectivity index (χ1n) is 10.5. The highest BCUT2D eigenvalue weighted by atomic mass is 32.2. The zero-order valence-corrected chi connectivity index (χ0v) is 21.1. The van der Waals surface area contributed by atoms with Crippen LogP contribution in [-0.2, 0) is 23.1 Å². The van der Waals surface area contributed by atoms with E-state index in [1.54, 1.807) is 23.5 Å². The molecule has 0 bridgehead atoms. The van der Waals surface area contributed by atoms with Crippen molar-refractivity contribution in [3.63, 3.8) is 0 Å². The molecule has 3 rings (SSSR count). The Morgan fingerprint density at radius 3 is 2.25 bits per heavy atom. The van der Waals surface area contributed by atoms with Crippen LogP contribution in [0, 0.1) is 13.8 Å². The molecule has 2 heterocycles. The second-order valence-electron chi connectivity index (χ2n) is 7.07. The molecule has 176 valence electrons. The van der Waals surface area contributed by atoms with Gasteiger partial charge in [-0.1, -0.05) is 38.6 Å². The number of hydrogen-bond donors (Lipinski definition) is 3. The summed E-state index contributed by atoms with van der Waals surface area (Å²) >= 11 is 1.70. The molecular weight excluding hydrogens is 444 g/mol. The van der Waals surface area contributed by atoms with Crippen molar-refractivity contribution in [2.45, 2.75) is 60.3 Å². The number of nitrogens with one attached hydrogen (secondary N) is 1. The second kappa shape index (κ2) is 13.1. The molecule has 0 radical (unpaired) electrons. The van der Waals surface area contributed by atoms with Gasteiger partial charge in [0.2, 0.25) is 0 Å². The number of benzene rings is 1. The summed E-state index contributed by atoms with van der Waals surface area (Å²) in [6.45, 7) is 13.7. The fourth-order valence-corrected chi connectivity index (χ4v) is 4.16. The molecule has 0 saturated heterocycles. The van der Waals surface area contributed by atoms with Crippen LogP contribution in [0.25, 0.3) is 0 Å². The third-order valence-electron chi connectivity index (χ3n) is 4.26. The van der Waals surface area contributed by atoms with Gasteiger partial charge in [0.1, 0.15) is 0 Å². The Hall–Kier alpha value is -2.49. The van der Waals surface area contributed by atoms with Gasteiger partial charge < -0.3 is 5.73 Å². The molecule has 0 fully saturated rings. The summed E-state index contributed by atoms with van der Waals surface area (Å²) in [4.78, 5) is 10.00. The van der Waals surface area contributed by atoms with Crippen molar-refractivity contribution < 1.29 is 13.0 Å². The number of aryl methyl sites for hydroxylation is 3. The van der Waals surface area contributed by atoms with Crippen LogP contribution in [-0.4, -0.2) is 23.7 Å². The Morgan fingerprint density at radius 2 is 1.81 bits per heavy atom. The Labute approximate surface area is 196 Å². The number of allylic oxidation sites excluding steroid dienone is 3. The number of anilines is 1. The van der Waals surface area contributed by atoms with Crippen molar-refractivity contribution in [3.05, 3.63) is 69.5 Å². The molecule has 2 aromatic rings. The zero-order valence-electron chi connectivity index (χ0n) is 19.5. The van der Waals surface area contributed by atoms with E-state index in [1.807, 2.05) is 44.5 Å². The van der Waals surface area contributed by atoms with Crippen molar-refractivity contribution in [1.82, 2.24) is 4.98 Å². The molecule has 9 heteroatoms. The number of rotatable bonds is 7. The summed E-state index contributed by atoms with van der Waals surface area (Å²) in [5.74, 6) is 0. The first-order valence-corrected chi connectivity index (χ1v) is 12.7. The normalized spacial score (nSPS) is 12.6. The average molecular weight is 479 g/mol. The lowest BCUT2D eigenvalue weighted by Gasteiger charge is -2.05. The zero-order chi connectivity index (χ0) is 24.3. The van der Waals surface area contributed by atoms with E-state index in [1.165, 1.54) is 10.6 Å². The van der Waals surface area contributed by atoms with Gasteiger partial charge in [-0.05, 0) is 51.3 Å². The van der Waals surface area contributed by atoms with Crippen LogP contribution >= 0.6 is 11.3 Å². The minimum Gasteiger partial charge on any atom is -0.402 e. The maximum atomic E-state index is 10.6. The Balaban J connectivity index is 0.000000335. The van der Waals surface area contributed by atoms with Gasteiger partial charge in [0.15, 0.2) is 0 Å². The maximum absolute atomic E-state index is 10.6. The Bertz CT molecular complexity index is 1050. The SMILES string of the molecule is C=C(N)Cc1nc(C)sc1C.CC.CC1=CCC(CCc2ccc(NS(=O)(=O)O)cc2)=N1. The largest absolute Gasteiger partial charge is 0.402 e. The minimum atomic E-state index is -4.20. The quantitative estimate of drug-likeness (QED) is 0.462. The van der Waals surface area contributed by atoms with Crippen LogP contribution in [0.15, 0.2) is 53.3 Å². The average Bonchev–Trinajstić information content (AvgIpc) is 3.26. The number of aliphatic imine (C=N–C) groups is 1. The van der Waals surface area contributed by atoms with Gasteiger partial charge in [-0.15, -0.1) is 11.3 Å². The van der Waals surface area contributed by atoms with Crippen molar-refractivity contribution in [1.29, 1.82) is 0 Å². The molecule has 0 atom stereocenters. The van der Waals surface area contributed by atoms with E-state index in [4.69, 9.17) is 10.3 Å². The van der Waals surface area contributed by atoms with Gasteiger partial charge in [-0.25, -0.2) is 4.98 Å². The number of hydrogen-bond acceptors (Lipinski definition) is 6. The summed E-state index contributed by atoms with van der Waals surface area (Å²) in [5.41, 5.74) is 10.9. The van der Waals surface area contributed by atoms with Gasteiger partial charge in [0.25, 0.3) is 0 Å². The standard InChI is InChI=1S/C13H16N2O3S.C8H12N2S.C2H6/c1-10-2-6-12(14-10)7-3-11-4-8-13(9-5-11)15-19(16,17)18;1-5(9)4-8-6(2)11-7(3)10-8;1-2/h2,4-5,8-9,15H,3,6-7H2,1H3,(H,16,17,18);1,4,9H2,2-3H3;1-2H3. The van der Waals surface area contributed by atoms with Crippen LogP contribution in [0.4, 0.5) is 5.69 Å². The molecule has 1 aliphatic rings. The Kier molecular flexibility index (Phi) is 11.3. The molecule has 0 amide bonds.